The molecule has 0 unspecified atom stereocenters. The summed E-state index contributed by atoms with van der Waals surface area (Å²) in [5, 5.41) is 2.83. The number of methoxy groups -OCH3 is 1. The highest BCUT2D eigenvalue weighted by atomic mass is 19.1. The van der Waals surface area contributed by atoms with Crippen molar-refractivity contribution in [1.29, 1.82) is 0 Å². The van der Waals surface area contributed by atoms with E-state index in [9.17, 15) is 14.0 Å². The molecule has 6 nitrogen and oxygen atoms in total. The number of hydrogen-bond donors (Lipinski definition) is 1. The van der Waals surface area contributed by atoms with Gasteiger partial charge in [0.15, 0.2) is 5.76 Å². The quantitative estimate of drug-likeness (QED) is 0.812. The number of piperidine rings is 1. The molecule has 1 aromatic heterocycles. The first-order valence-corrected chi connectivity index (χ1v) is 9.45. The summed E-state index contributed by atoms with van der Waals surface area (Å²) in [6.45, 7) is 3.04. The van der Waals surface area contributed by atoms with Gasteiger partial charge in [-0.2, -0.15) is 0 Å². The van der Waals surface area contributed by atoms with Gasteiger partial charge in [-0.3, -0.25) is 9.59 Å². The number of aryl methyl sites for hydroxylation is 1. The van der Waals surface area contributed by atoms with Gasteiger partial charge in [0.25, 0.3) is 11.9 Å². The standard InChI is InChI=1S/C21H25FN2O4/c1-14-12-16(22)6-7-17(14)23-19(25)9-5-15-4-3-11-24(13-15)21(26)18-8-10-20(27-2)28-18/h6-8,10,12,15H,3-5,9,11,13H2,1-2H3,(H,23,25)/t15-/m1/s1. The first-order valence-electron chi connectivity index (χ1n) is 9.45. The Labute approximate surface area is 163 Å². The summed E-state index contributed by atoms with van der Waals surface area (Å²) in [5.74, 6) is 0.256. The van der Waals surface area contributed by atoms with Crippen LogP contribution in [0.4, 0.5) is 10.1 Å². The van der Waals surface area contributed by atoms with Crippen LogP contribution < -0.4 is 10.1 Å². The molecular weight excluding hydrogens is 363 g/mol. The van der Waals surface area contributed by atoms with Gasteiger partial charge in [0.1, 0.15) is 5.82 Å². The molecule has 2 heterocycles. The number of ether oxygens (including phenoxy) is 1. The van der Waals surface area contributed by atoms with Gasteiger partial charge < -0.3 is 19.4 Å². The largest absolute Gasteiger partial charge is 0.468 e. The normalized spacial score (nSPS) is 16.7. The molecule has 3 rings (SSSR count). The van der Waals surface area contributed by atoms with Crippen molar-refractivity contribution in [3.05, 3.63) is 47.5 Å². The number of hydrogen-bond acceptors (Lipinski definition) is 4. The number of rotatable bonds is 6. The molecule has 2 amide bonds. The molecule has 1 aliphatic rings. The van der Waals surface area contributed by atoms with E-state index in [1.165, 1.54) is 19.2 Å². The van der Waals surface area contributed by atoms with Gasteiger partial charge in [0, 0.05) is 31.3 Å². The van der Waals surface area contributed by atoms with Gasteiger partial charge in [0.05, 0.1) is 7.11 Å². The minimum Gasteiger partial charge on any atom is -0.468 e. The van der Waals surface area contributed by atoms with Crippen LogP contribution in [-0.4, -0.2) is 36.9 Å². The fraction of sp³-hybridized carbons (Fsp3) is 0.429. The van der Waals surface area contributed by atoms with Gasteiger partial charge in [-0.25, -0.2) is 4.39 Å². The lowest BCUT2D eigenvalue weighted by atomic mass is 9.93. The Balaban J connectivity index is 1.50. The van der Waals surface area contributed by atoms with E-state index >= 15 is 0 Å². The van der Waals surface area contributed by atoms with Crippen LogP contribution in [0.3, 0.4) is 0 Å². The summed E-state index contributed by atoms with van der Waals surface area (Å²) in [6.07, 6.45) is 2.93. The second kappa shape index (κ2) is 8.91. The molecule has 2 aromatic rings. The second-order valence-corrected chi connectivity index (χ2v) is 7.13. The Morgan fingerprint density at radius 3 is 2.86 bits per heavy atom. The van der Waals surface area contributed by atoms with E-state index in [1.54, 1.807) is 30.0 Å². The number of carbonyl (C=O) groups is 2. The SMILES string of the molecule is COc1ccc(C(=O)N2CCC[C@H](CCC(=O)Nc3ccc(F)cc3C)C2)o1. The highest BCUT2D eigenvalue weighted by Gasteiger charge is 2.26. The van der Waals surface area contributed by atoms with E-state index in [4.69, 9.17) is 9.15 Å². The van der Waals surface area contributed by atoms with Crippen LogP contribution in [0.1, 0.15) is 41.8 Å². The zero-order valence-corrected chi connectivity index (χ0v) is 16.2. The predicted octanol–water partition coefficient (Wildman–Crippen LogP) is 4.01. The number of nitrogens with one attached hydrogen (secondary N) is 1. The number of likely N-dealkylation sites (tertiary alicyclic amines) is 1. The minimum absolute atomic E-state index is 0.103. The van der Waals surface area contributed by atoms with E-state index in [-0.39, 0.29) is 29.3 Å². The lowest BCUT2D eigenvalue weighted by molar-refractivity contribution is -0.116. The highest BCUT2D eigenvalue weighted by Crippen LogP contribution is 2.25. The van der Waals surface area contributed by atoms with Crippen molar-refractivity contribution in [3.8, 4) is 5.95 Å². The molecule has 1 aliphatic heterocycles. The van der Waals surface area contributed by atoms with Gasteiger partial charge in [-0.05, 0) is 61.9 Å². The van der Waals surface area contributed by atoms with Crippen molar-refractivity contribution < 1.29 is 23.1 Å². The minimum atomic E-state index is -0.323. The van der Waals surface area contributed by atoms with E-state index in [1.807, 2.05) is 0 Å². The van der Waals surface area contributed by atoms with Crippen molar-refractivity contribution in [1.82, 2.24) is 4.90 Å². The molecule has 0 spiro atoms. The van der Waals surface area contributed by atoms with Crippen molar-refractivity contribution in [2.24, 2.45) is 5.92 Å². The number of nitrogens with zero attached hydrogens (tertiary/aromatic N) is 1. The molecule has 1 aromatic carbocycles. The molecule has 28 heavy (non-hydrogen) atoms. The molecule has 0 bridgehead atoms. The van der Waals surface area contributed by atoms with E-state index < -0.39 is 0 Å². The van der Waals surface area contributed by atoms with Crippen LogP contribution in [0.15, 0.2) is 34.7 Å². The molecule has 0 aliphatic carbocycles. The summed E-state index contributed by atoms with van der Waals surface area (Å²) in [6, 6.07) is 7.53. The van der Waals surface area contributed by atoms with Crippen LogP contribution in [0, 0.1) is 18.7 Å². The maximum atomic E-state index is 13.2. The Kier molecular flexibility index (Phi) is 6.34. The predicted molar refractivity (Wildman–Crippen MR) is 103 cm³/mol. The third-order valence-corrected chi connectivity index (χ3v) is 5.04. The molecule has 1 fully saturated rings. The first-order chi connectivity index (χ1) is 13.5. The summed E-state index contributed by atoms with van der Waals surface area (Å²) in [4.78, 5) is 26.6. The van der Waals surface area contributed by atoms with E-state index in [2.05, 4.69) is 5.32 Å². The van der Waals surface area contributed by atoms with Gasteiger partial charge in [-0.15, -0.1) is 0 Å². The van der Waals surface area contributed by atoms with Gasteiger partial charge >= 0.3 is 0 Å². The number of amides is 2. The molecule has 0 radical (unpaired) electrons. The molecule has 7 heteroatoms. The van der Waals surface area contributed by atoms with E-state index in [0.717, 1.165) is 12.8 Å². The third kappa shape index (κ3) is 4.91. The Morgan fingerprint density at radius 1 is 1.32 bits per heavy atom. The molecule has 1 atom stereocenters. The number of halogens is 1. The first kappa shape index (κ1) is 19.9. The fourth-order valence-electron chi connectivity index (χ4n) is 3.50. The van der Waals surface area contributed by atoms with E-state index in [0.29, 0.717) is 43.1 Å². The van der Waals surface area contributed by atoms with Crippen LogP contribution in [0.25, 0.3) is 0 Å². The summed E-state index contributed by atoms with van der Waals surface area (Å²) in [5.41, 5.74) is 1.32. The zero-order chi connectivity index (χ0) is 20.1. The molecule has 150 valence electrons. The highest BCUT2D eigenvalue weighted by molar-refractivity contribution is 5.92. The summed E-state index contributed by atoms with van der Waals surface area (Å²) < 4.78 is 23.5. The second-order valence-electron chi connectivity index (χ2n) is 7.13. The van der Waals surface area contributed by atoms with Crippen molar-refractivity contribution in [3.63, 3.8) is 0 Å². The smallest absolute Gasteiger partial charge is 0.289 e. The number of carbonyl (C=O) groups excluding carboxylic acids is 2. The molecular formula is C21H25FN2O4. The Hall–Kier alpha value is -2.83. The van der Waals surface area contributed by atoms with Crippen molar-refractivity contribution in [2.75, 3.05) is 25.5 Å². The lowest BCUT2D eigenvalue weighted by Crippen LogP contribution is -2.40. The summed E-state index contributed by atoms with van der Waals surface area (Å²) >= 11 is 0. The number of benzene rings is 1. The number of anilines is 1. The van der Waals surface area contributed by atoms with Crippen LogP contribution in [0.5, 0.6) is 5.95 Å². The average molecular weight is 388 g/mol. The monoisotopic (exact) mass is 388 g/mol. The van der Waals surface area contributed by atoms with Crippen LogP contribution in [0.2, 0.25) is 0 Å². The van der Waals surface area contributed by atoms with Gasteiger partial charge in [0.2, 0.25) is 5.91 Å². The van der Waals surface area contributed by atoms with Crippen molar-refractivity contribution >= 4 is 17.5 Å². The van der Waals surface area contributed by atoms with Crippen LogP contribution >= 0.6 is 0 Å². The third-order valence-electron chi connectivity index (χ3n) is 5.04. The van der Waals surface area contributed by atoms with Crippen LogP contribution in [-0.2, 0) is 4.79 Å². The number of furan rings is 1. The maximum absolute atomic E-state index is 13.2. The average Bonchev–Trinajstić information content (AvgIpc) is 3.17. The van der Waals surface area contributed by atoms with Gasteiger partial charge in [-0.1, -0.05) is 0 Å². The molecule has 0 saturated carbocycles. The Morgan fingerprint density at radius 2 is 2.14 bits per heavy atom. The lowest BCUT2D eigenvalue weighted by Gasteiger charge is -2.32. The summed E-state index contributed by atoms with van der Waals surface area (Å²) in [7, 11) is 1.49. The topological polar surface area (TPSA) is 71.8 Å². The Bertz CT molecular complexity index is 849. The molecule has 1 saturated heterocycles. The zero-order valence-electron chi connectivity index (χ0n) is 16.2. The maximum Gasteiger partial charge on any atom is 0.289 e. The fourth-order valence-corrected chi connectivity index (χ4v) is 3.50. The molecule has 1 N–H and O–H groups in total. The van der Waals surface area contributed by atoms with Crippen molar-refractivity contribution in [2.45, 2.75) is 32.6 Å².